The van der Waals surface area contributed by atoms with Gasteiger partial charge in [0.1, 0.15) is 5.75 Å². The molecule has 0 heterocycles. The Morgan fingerprint density at radius 2 is 1.92 bits per heavy atom. The van der Waals surface area contributed by atoms with Crippen LogP contribution in [0.3, 0.4) is 0 Å². The first-order valence-corrected chi connectivity index (χ1v) is 9.94. The van der Waals surface area contributed by atoms with E-state index in [1.807, 2.05) is 36.2 Å². The molecule has 1 aromatic rings. The molecule has 0 saturated heterocycles. The van der Waals surface area contributed by atoms with Crippen LogP contribution in [0.5, 0.6) is 5.75 Å². The first-order valence-electron chi connectivity index (χ1n) is 8.33. The summed E-state index contributed by atoms with van der Waals surface area (Å²) in [6.45, 7) is 3.44. The summed E-state index contributed by atoms with van der Waals surface area (Å²) in [4.78, 5) is 6.28. The monoisotopic (exact) mass is 498 g/mol. The molecule has 26 heavy (non-hydrogen) atoms. The van der Waals surface area contributed by atoms with Crippen molar-refractivity contribution in [2.75, 3.05) is 47.1 Å². The zero-order chi connectivity index (χ0) is 18.9. The molecule has 7 nitrogen and oxygen atoms in total. The minimum Gasteiger partial charge on any atom is -0.496 e. The lowest BCUT2D eigenvalue weighted by Gasteiger charge is -2.23. The molecule has 1 rings (SSSR count). The number of aliphatic imine (C=N–C) groups is 1. The van der Waals surface area contributed by atoms with E-state index in [9.17, 15) is 8.42 Å². The van der Waals surface area contributed by atoms with Gasteiger partial charge in [-0.1, -0.05) is 18.2 Å². The number of rotatable bonds is 9. The standard InChI is InChI=1S/C17H30N4O3S.HI/c1-6-25(22,23)21(4)13-9-12-19-17(18-2)20(3)14-15-10-7-8-11-16(15)24-5;/h7-8,10-11H,6,9,12-14H2,1-5H3,(H,18,19);1H. The Bertz CT molecular complexity index is 668. The fraction of sp³-hybridized carbons (Fsp3) is 0.588. The highest BCUT2D eigenvalue weighted by atomic mass is 127. The third-order valence-electron chi connectivity index (χ3n) is 3.95. The molecule has 0 radical (unpaired) electrons. The second kappa shape index (κ2) is 12.3. The van der Waals surface area contributed by atoms with Gasteiger partial charge in [-0.3, -0.25) is 4.99 Å². The molecule has 1 N–H and O–H groups in total. The number of para-hydroxylation sites is 1. The van der Waals surface area contributed by atoms with Gasteiger partial charge in [0.25, 0.3) is 0 Å². The van der Waals surface area contributed by atoms with E-state index in [0.717, 1.165) is 17.3 Å². The number of hydrogen-bond donors (Lipinski definition) is 1. The number of ether oxygens (including phenoxy) is 1. The summed E-state index contributed by atoms with van der Waals surface area (Å²) in [7, 11) is 3.84. The molecule has 9 heteroatoms. The second-order valence-electron chi connectivity index (χ2n) is 5.72. The van der Waals surface area contributed by atoms with Gasteiger partial charge in [0, 0.05) is 46.3 Å². The number of sulfonamides is 1. The molecule has 0 unspecified atom stereocenters. The van der Waals surface area contributed by atoms with Crippen LogP contribution in [0.1, 0.15) is 18.9 Å². The molecular formula is C17H31IN4O3S. The van der Waals surface area contributed by atoms with Crippen molar-refractivity contribution >= 4 is 40.0 Å². The first-order chi connectivity index (χ1) is 11.9. The van der Waals surface area contributed by atoms with Crippen LogP contribution in [-0.2, 0) is 16.6 Å². The van der Waals surface area contributed by atoms with Gasteiger partial charge in [0.05, 0.1) is 12.9 Å². The number of nitrogens with zero attached hydrogens (tertiary/aromatic N) is 3. The maximum atomic E-state index is 11.7. The summed E-state index contributed by atoms with van der Waals surface area (Å²) in [5.74, 6) is 1.73. The first kappa shape index (κ1) is 24.9. The lowest BCUT2D eigenvalue weighted by atomic mass is 10.2. The summed E-state index contributed by atoms with van der Waals surface area (Å²) in [6.07, 6.45) is 0.706. The van der Waals surface area contributed by atoms with E-state index in [1.54, 1.807) is 28.1 Å². The van der Waals surface area contributed by atoms with Crippen LogP contribution in [0.15, 0.2) is 29.3 Å². The fourth-order valence-corrected chi connectivity index (χ4v) is 3.26. The summed E-state index contributed by atoms with van der Waals surface area (Å²) in [6, 6.07) is 7.87. The van der Waals surface area contributed by atoms with Crippen molar-refractivity contribution in [3.63, 3.8) is 0 Å². The van der Waals surface area contributed by atoms with Crippen LogP contribution in [-0.4, -0.2) is 70.7 Å². The molecule has 0 amide bonds. The molecular weight excluding hydrogens is 467 g/mol. The van der Waals surface area contributed by atoms with Crippen LogP contribution in [0.25, 0.3) is 0 Å². The largest absolute Gasteiger partial charge is 0.496 e. The van der Waals surface area contributed by atoms with E-state index in [4.69, 9.17) is 4.74 Å². The minimum atomic E-state index is -3.12. The van der Waals surface area contributed by atoms with Crippen LogP contribution >= 0.6 is 24.0 Å². The number of guanidine groups is 1. The molecule has 0 aromatic heterocycles. The number of hydrogen-bond acceptors (Lipinski definition) is 4. The van der Waals surface area contributed by atoms with E-state index >= 15 is 0 Å². The predicted octanol–water partition coefficient (Wildman–Crippen LogP) is 1.99. The number of halogens is 1. The molecule has 1 aromatic carbocycles. The van der Waals surface area contributed by atoms with Crippen molar-refractivity contribution in [2.45, 2.75) is 19.9 Å². The molecule has 0 saturated carbocycles. The molecule has 0 atom stereocenters. The lowest BCUT2D eigenvalue weighted by Crippen LogP contribution is -2.40. The summed E-state index contributed by atoms with van der Waals surface area (Å²) >= 11 is 0. The summed E-state index contributed by atoms with van der Waals surface area (Å²) in [5.41, 5.74) is 1.07. The quantitative estimate of drug-likeness (QED) is 0.244. The second-order valence-corrected chi connectivity index (χ2v) is 8.08. The minimum absolute atomic E-state index is 0. The van der Waals surface area contributed by atoms with E-state index in [0.29, 0.717) is 26.1 Å². The average molecular weight is 498 g/mol. The third-order valence-corrected chi connectivity index (χ3v) is 5.81. The van der Waals surface area contributed by atoms with Crippen molar-refractivity contribution < 1.29 is 13.2 Å². The van der Waals surface area contributed by atoms with Gasteiger partial charge in [0.2, 0.25) is 10.0 Å². The Morgan fingerprint density at radius 3 is 2.50 bits per heavy atom. The molecule has 150 valence electrons. The number of benzene rings is 1. The van der Waals surface area contributed by atoms with Crippen molar-refractivity contribution in [3.05, 3.63) is 29.8 Å². The van der Waals surface area contributed by atoms with E-state index in [-0.39, 0.29) is 29.7 Å². The Balaban J connectivity index is 0.00000625. The van der Waals surface area contributed by atoms with Gasteiger partial charge in [-0.15, -0.1) is 24.0 Å². The van der Waals surface area contributed by atoms with Gasteiger partial charge in [-0.05, 0) is 19.4 Å². The fourth-order valence-electron chi connectivity index (χ4n) is 2.41. The van der Waals surface area contributed by atoms with Crippen molar-refractivity contribution in [1.29, 1.82) is 0 Å². The topological polar surface area (TPSA) is 74.2 Å². The molecule has 0 aliphatic carbocycles. The van der Waals surface area contributed by atoms with Gasteiger partial charge < -0.3 is 15.0 Å². The van der Waals surface area contributed by atoms with Gasteiger partial charge in [-0.25, -0.2) is 12.7 Å². The molecule has 0 aliphatic rings. The Hall–Kier alpha value is -1.07. The summed E-state index contributed by atoms with van der Waals surface area (Å²) < 4.78 is 30.2. The van der Waals surface area contributed by atoms with Gasteiger partial charge in [0.15, 0.2) is 5.96 Å². The maximum Gasteiger partial charge on any atom is 0.213 e. The number of methoxy groups -OCH3 is 1. The van der Waals surface area contributed by atoms with E-state index < -0.39 is 10.0 Å². The Labute approximate surface area is 174 Å². The highest BCUT2D eigenvalue weighted by Crippen LogP contribution is 2.18. The lowest BCUT2D eigenvalue weighted by molar-refractivity contribution is 0.395. The van der Waals surface area contributed by atoms with E-state index in [1.165, 1.54) is 4.31 Å². The van der Waals surface area contributed by atoms with Crippen LogP contribution < -0.4 is 10.1 Å². The zero-order valence-electron chi connectivity index (χ0n) is 16.2. The highest BCUT2D eigenvalue weighted by molar-refractivity contribution is 14.0. The molecule has 0 bridgehead atoms. The molecule has 0 fully saturated rings. The summed E-state index contributed by atoms with van der Waals surface area (Å²) in [5, 5.41) is 3.27. The normalized spacial score (nSPS) is 11.8. The average Bonchev–Trinajstić information content (AvgIpc) is 2.61. The van der Waals surface area contributed by atoms with Gasteiger partial charge in [-0.2, -0.15) is 0 Å². The SMILES string of the molecule is CCS(=O)(=O)N(C)CCCNC(=NC)N(C)Cc1ccccc1OC.I. The predicted molar refractivity (Wildman–Crippen MR) is 118 cm³/mol. The van der Waals surface area contributed by atoms with Crippen LogP contribution in [0.2, 0.25) is 0 Å². The zero-order valence-corrected chi connectivity index (χ0v) is 19.4. The van der Waals surface area contributed by atoms with Crippen LogP contribution in [0, 0.1) is 0 Å². The maximum absolute atomic E-state index is 11.7. The van der Waals surface area contributed by atoms with Crippen molar-refractivity contribution in [3.8, 4) is 5.75 Å². The highest BCUT2D eigenvalue weighted by Gasteiger charge is 2.14. The third kappa shape index (κ3) is 7.67. The van der Waals surface area contributed by atoms with Crippen molar-refractivity contribution in [1.82, 2.24) is 14.5 Å². The Morgan fingerprint density at radius 1 is 1.27 bits per heavy atom. The number of nitrogens with one attached hydrogen (secondary N) is 1. The molecule has 0 aliphatic heterocycles. The Kier molecular flexibility index (Phi) is 11.8. The van der Waals surface area contributed by atoms with Gasteiger partial charge >= 0.3 is 0 Å². The van der Waals surface area contributed by atoms with Crippen LogP contribution in [0.4, 0.5) is 0 Å². The van der Waals surface area contributed by atoms with E-state index in [2.05, 4.69) is 10.3 Å². The molecule has 0 spiro atoms. The van der Waals surface area contributed by atoms with Crippen molar-refractivity contribution in [2.24, 2.45) is 4.99 Å². The smallest absolute Gasteiger partial charge is 0.213 e.